The third-order valence-corrected chi connectivity index (χ3v) is 4.01. The lowest BCUT2D eigenvalue weighted by atomic mass is 10.2. The highest BCUT2D eigenvalue weighted by Gasteiger charge is 2.21. The highest BCUT2D eigenvalue weighted by molar-refractivity contribution is 7.87. The molecule has 0 fully saturated rings. The summed E-state index contributed by atoms with van der Waals surface area (Å²) >= 11 is 0. The van der Waals surface area contributed by atoms with Crippen LogP contribution in [0.2, 0.25) is 0 Å². The predicted molar refractivity (Wildman–Crippen MR) is 71.2 cm³/mol. The minimum Gasteiger partial charge on any atom is -0.480 e. The van der Waals surface area contributed by atoms with Crippen molar-refractivity contribution in [2.24, 2.45) is 0 Å². The van der Waals surface area contributed by atoms with Gasteiger partial charge in [-0.15, -0.1) is 0 Å². The SMILES string of the molecule is CC(C(=O)O)S(=O)CC(=O)OCCc1ccccc1. The molecule has 5 nitrogen and oxygen atoms in total. The summed E-state index contributed by atoms with van der Waals surface area (Å²) in [5, 5.41) is 7.58. The van der Waals surface area contributed by atoms with Crippen LogP contribution in [0.15, 0.2) is 30.3 Å². The number of carboxylic acid groups (broad SMARTS) is 1. The van der Waals surface area contributed by atoms with Crippen molar-refractivity contribution in [3.63, 3.8) is 0 Å². The van der Waals surface area contributed by atoms with Crippen molar-refractivity contribution in [1.29, 1.82) is 0 Å². The Balaban J connectivity index is 2.29. The van der Waals surface area contributed by atoms with Gasteiger partial charge in [0.05, 0.1) is 6.61 Å². The molecule has 0 aliphatic rings. The van der Waals surface area contributed by atoms with Crippen LogP contribution >= 0.6 is 0 Å². The molecule has 0 radical (unpaired) electrons. The smallest absolute Gasteiger partial charge is 0.318 e. The Morgan fingerprint density at radius 3 is 2.53 bits per heavy atom. The third-order valence-electron chi connectivity index (χ3n) is 2.50. The second-order valence-corrected chi connectivity index (χ2v) is 5.72. The Hall–Kier alpha value is -1.69. The van der Waals surface area contributed by atoms with Crippen molar-refractivity contribution in [2.45, 2.75) is 18.6 Å². The third kappa shape index (κ3) is 5.65. The number of carbonyl (C=O) groups excluding carboxylic acids is 1. The zero-order chi connectivity index (χ0) is 14.3. The minimum atomic E-state index is -1.75. The summed E-state index contributed by atoms with van der Waals surface area (Å²) in [6, 6.07) is 9.50. The Labute approximate surface area is 114 Å². The van der Waals surface area contributed by atoms with Crippen LogP contribution in [-0.2, 0) is 31.5 Å². The maximum atomic E-state index is 11.5. The number of ether oxygens (including phenoxy) is 1. The van der Waals surface area contributed by atoms with Crippen molar-refractivity contribution in [2.75, 3.05) is 12.4 Å². The maximum absolute atomic E-state index is 11.5. The molecule has 0 amide bonds. The maximum Gasteiger partial charge on any atom is 0.318 e. The van der Waals surface area contributed by atoms with Gasteiger partial charge in [0.15, 0.2) is 0 Å². The largest absolute Gasteiger partial charge is 0.480 e. The van der Waals surface area contributed by atoms with Gasteiger partial charge in [0.1, 0.15) is 11.0 Å². The summed E-state index contributed by atoms with van der Waals surface area (Å²) in [6.45, 7) is 1.50. The van der Waals surface area contributed by atoms with Gasteiger partial charge in [-0.1, -0.05) is 30.3 Å². The molecule has 0 aliphatic carbocycles. The molecular weight excluding hydrogens is 268 g/mol. The normalized spacial score (nSPS) is 13.5. The number of hydrogen-bond donors (Lipinski definition) is 1. The number of hydrogen-bond acceptors (Lipinski definition) is 4. The molecule has 19 heavy (non-hydrogen) atoms. The van der Waals surface area contributed by atoms with Crippen molar-refractivity contribution in [1.82, 2.24) is 0 Å². The standard InChI is InChI=1S/C13H16O5S/c1-10(13(15)16)19(17)9-12(14)18-8-7-11-5-3-2-4-6-11/h2-6,10H,7-9H2,1H3,(H,15,16). The second kappa shape index (κ2) is 7.68. The second-order valence-electron chi connectivity index (χ2n) is 3.96. The number of benzene rings is 1. The van der Waals surface area contributed by atoms with Gasteiger partial charge in [0.2, 0.25) is 0 Å². The van der Waals surface area contributed by atoms with E-state index in [-0.39, 0.29) is 12.4 Å². The van der Waals surface area contributed by atoms with Gasteiger partial charge < -0.3 is 9.84 Å². The highest BCUT2D eigenvalue weighted by Crippen LogP contribution is 2.01. The Bertz CT molecular complexity index is 457. The minimum absolute atomic E-state index is 0.196. The molecule has 104 valence electrons. The molecule has 0 spiro atoms. The van der Waals surface area contributed by atoms with Crippen LogP contribution in [0, 0.1) is 0 Å². The van der Waals surface area contributed by atoms with Gasteiger partial charge in [0, 0.05) is 17.2 Å². The number of carboxylic acids is 1. The van der Waals surface area contributed by atoms with Crippen molar-refractivity contribution >= 4 is 22.7 Å². The lowest BCUT2D eigenvalue weighted by Crippen LogP contribution is -2.27. The molecule has 2 unspecified atom stereocenters. The zero-order valence-corrected chi connectivity index (χ0v) is 11.4. The van der Waals surface area contributed by atoms with E-state index in [0.717, 1.165) is 5.56 Å². The van der Waals surface area contributed by atoms with Crippen molar-refractivity contribution in [3.05, 3.63) is 35.9 Å². The summed E-state index contributed by atoms with van der Waals surface area (Å²) < 4.78 is 16.4. The van der Waals surface area contributed by atoms with E-state index in [1.54, 1.807) is 0 Å². The molecule has 0 aliphatic heterocycles. The van der Waals surface area contributed by atoms with E-state index in [1.165, 1.54) is 6.92 Å². The summed E-state index contributed by atoms with van der Waals surface area (Å²) in [4.78, 5) is 21.9. The molecule has 1 aromatic carbocycles. The van der Waals surface area contributed by atoms with E-state index in [0.29, 0.717) is 6.42 Å². The zero-order valence-electron chi connectivity index (χ0n) is 10.6. The van der Waals surface area contributed by atoms with Crippen LogP contribution in [0.4, 0.5) is 0 Å². The molecule has 0 saturated heterocycles. The van der Waals surface area contributed by atoms with Crippen LogP contribution in [0.25, 0.3) is 0 Å². The molecule has 0 heterocycles. The quantitative estimate of drug-likeness (QED) is 0.755. The Kier molecular flexibility index (Phi) is 6.21. The van der Waals surface area contributed by atoms with E-state index < -0.39 is 28.0 Å². The fourth-order valence-electron chi connectivity index (χ4n) is 1.32. The van der Waals surface area contributed by atoms with E-state index >= 15 is 0 Å². The van der Waals surface area contributed by atoms with Gasteiger partial charge in [-0.2, -0.15) is 0 Å². The molecule has 2 atom stereocenters. The molecule has 0 bridgehead atoms. The lowest BCUT2D eigenvalue weighted by Gasteiger charge is -2.07. The lowest BCUT2D eigenvalue weighted by molar-refractivity contribution is -0.140. The number of rotatable bonds is 7. The van der Waals surface area contributed by atoms with Gasteiger partial charge in [-0.05, 0) is 12.5 Å². The fourth-order valence-corrected chi connectivity index (χ4v) is 2.11. The van der Waals surface area contributed by atoms with Gasteiger partial charge in [-0.25, -0.2) is 0 Å². The first-order valence-corrected chi connectivity index (χ1v) is 7.18. The van der Waals surface area contributed by atoms with Gasteiger partial charge in [-0.3, -0.25) is 13.8 Å². The molecule has 0 aromatic heterocycles. The topological polar surface area (TPSA) is 80.7 Å². The Morgan fingerprint density at radius 2 is 1.95 bits per heavy atom. The van der Waals surface area contributed by atoms with Crippen LogP contribution in [0.5, 0.6) is 0 Å². The van der Waals surface area contributed by atoms with Crippen molar-refractivity contribution < 1.29 is 23.6 Å². The van der Waals surface area contributed by atoms with E-state index in [9.17, 15) is 13.8 Å². The van der Waals surface area contributed by atoms with Gasteiger partial charge >= 0.3 is 11.9 Å². The average molecular weight is 284 g/mol. The van der Waals surface area contributed by atoms with E-state index in [1.807, 2.05) is 30.3 Å². The van der Waals surface area contributed by atoms with E-state index in [2.05, 4.69) is 0 Å². The molecule has 1 N–H and O–H groups in total. The predicted octanol–water partition coefficient (Wildman–Crippen LogP) is 0.994. The summed E-state index contributed by atoms with van der Waals surface area (Å²) in [5.74, 6) is -2.21. The summed E-state index contributed by atoms with van der Waals surface area (Å²) in [5.41, 5.74) is 1.04. The van der Waals surface area contributed by atoms with Crippen molar-refractivity contribution in [3.8, 4) is 0 Å². The first kappa shape index (κ1) is 15.4. The van der Waals surface area contributed by atoms with Crippen LogP contribution in [-0.4, -0.2) is 38.9 Å². The fraction of sp³-hybridized carbons (Fsp3) is 0.385. The van der Waals surface area contributed by atoms with Crippen LogP contribution in [0.1, 0.15) is 12.5 Å². The number of aliphatic carboxylic acids is 1. The molecule has 0 saturated carbocycles. The monoisotopic (exact) mass is 284 g/mol. The first-order valence-electron chi connectivity index (χ1n) is 5.80. The Morgan fingerprint density at radius 1 is 1.32 bits per heavy atom. The number of esters is 1. The van der Waals surface area contributed by atoms with E-state index in [4.69, 9.17) is 9.84 Å². The summed E-state index contributed by atoms with van der Waals surface area (Å²) in [7, 11) is -1.75. The van der Waals surface area contributed by atoms with Crippen LogP contribution < -0.4 is 0 Å². The molecule has 1 aromatic rings. The summed E-state index contributed by atoms with van der Waals surface area (Å²) in [6.07, 6.45) is 0.577. The molecule has 1 rings (SSSR count). The van der Waals surface area contributed by atoms with Crippen LogP contribution in [0.3, 0.4) is 0 Å². The molecule has 6 heteroatoms. The first-order chi connectivity index (χ1) is 9.00. The average Bonchev–Trinajstić information content (AvgIpc) is 2.38. The highest BCUT2D eigenvalue weighted by atomic mass is 32.2. The van der Waals surface area contributed by atoms with Gasteiger partial charge in [0.25, 0.3) is 0 Å². The number of carbonyl (C=O) groups is 2. The molecular formula is C13H16O5S.